The highest BCUT2D eigenvalue weighted by Gasteiger charge is 2.31. The molecule has 100 valence electrons. The van der Waals surface area contributed by atoms with Gasteiger partial charge in [0.15, 0.2) is 0 Å². The maximum absolute atomic E-state index is 5.71. The Morgan fingerprint density at radius 3 is 2.59 bits per heavy atom. The lowest BCUT2D eigenvalue weighted by molar-refractivity contribution is 0.149. The fourth-order valence-electron chi connectivity index (χ4n) is 3.52. The molecule has 17 heavy (non-hydrogen) atoms. The lowest BCUT2D eigenvalue weighted by Crippen LogP contribution is -2.42. The van der Waals surface area contributed by atoms with E-state index in [0.29, 0.717) is 0 Å². The van der Waals surface area contributed by atoms with Crippen molar-refractivity contribution in [1.29, 1.82) is 0 Å². The first-order chi connectivity index (χ1) is 8.35. The van der Waals surface area contributed by atoms with Gasteiger partial charge >= 0.3 is 0 Å². The van der Waals surface area contributed by atoms with Crippen LogP contribution in [0.25, 0.3) is 0 Å². The van der Waals surface area contributed by atoms with Gasteiger partial charge in [-0.1, -0.05) is 13.3 Å². The molecule has 2 atom stereocenters. The normalized spacial score (nSPS) is 29.6. The molecule has 0 aromatic carbocycles. The van der Waals surface area contributed by atoms with Gasteiger partial charge < -0.3 is 5.73 Å². The smallest absolute Gasteiger partial charge is 0.0235 e. The summed E-state index contributed by atoms with van der Waals surface area (Å²) in [5.74, 6) is 0. The van der Waals surface area contributed by atoms with Crippen molar-refractivity contribution in [1.82, 2.24) is 9.80 Å². The van der Waals surface area contributed by atoms with Gasteiger partial charge in [-0.2, -0.15) is 0 Å². The minimum absolute atomic E-state index is 0.731. The van der Waals surface area contributed by atoms with Gasteiger partial charge in [-0.25, -0.2) is 0 Å². The molecule has 2 aliphatic heterocycles. The first-order valence-electron chi connectivity index (χ1n) is 7.53. The highest BCUT2D eigenvalue weighted by Crippen LogP contribution is 2.23. The van der Waals surface area contributed by atoms with E-state index in [2.05, 4.69) is 16.7 Å². The molecule has 3 nitrogen and oxygen atoms in total. The molecule has 2 unspecified atom stereocenters. The van der Waals surface area contributed by atoms with Gasteiger partial charge in [0.1, 0.15) is 0 Å². The summed E-state index contributed by atoms with van der Waals surface area (Å²) in [4.78, 5) is 5.42. The number of hydrogen-bond donors (Lipinski definition) is 1. The molecule has 2 rings (SSSR count). The molecule has 0 radical (unpaired) electrons. The summed E-state index contributed by atoms with van der Waals surface area (Å²) < 4.78 is 0. The SMILES string of the molecule is CCC(CCN)N1CCC(N2CCCCC2)C1. The summed E-state index contributed by atoms with van der Waals surface area (Å²) in [6.45, 7) is 8.40. The highest BCUT2D eigenvalue weighted by atomic mass is 15.3. The minimum Gasteiger partial charge on any atom is -0.330 e. The average Bonchev–Trinajstić information content (AvgIpc) is 2.86. The molecule has 2 saturated heterocycles. The summed E-state index contributed by atoms with van der Waals surface area (Å²) in [5.41, 5.74) is 5.71. The van der Waals surface area contributed by atoms with Crippen molar-refractivity contribution in [2.24, 2.45) is 5.73 Å². The van der Waals surface area contributed by atoms with Crippen LogP contribution in [-0.4, -0.2) is 54.6 Å². The third kappa shape index (κ3) is 3.43. The Morgan fingerprint density at radius 1 is 1.18 bits per heavy atom. The molecule has 0 aromatic heterocycles. The van der Waals surface area contributed by atoms with Crippen LogP contribution in [0, 0.1) is 0 Å². The third-order valence-electron chi connectivity index (χ3n) is 4.59. The van der Waals surface area contributed by atoms with Crippen molar-refractivity contribution in [3.63, 3.8) is 0 Å². The second-order valence-electron chi connectivity index (χ2n) is 5.67. The van der Waals surface area contributed by atoms with Crippen LogP contribution in [-0.2, 0) is 0 Å². The number of piperidine rings is 1. The van der Waals surface area contributed by atoms with E-state index >= 15 is 0 Å². The number of nitrogens with two attached hydrogens (primary N) is 1. The van der Waals surface area contributed by atoms with E-state index in [0.717, 1.165) is 18.6 Å². The van der Waals surface area contributed by atoms with Crippen molar-refractivity contribution in [2.75, 3.05) is 32.7 Å². The first kappa shape index (κ1) is 13.3. The lowest BCUT2D eigenvalue weighted by Gasteiger charge is -2.33. The van der Waals surface area contributed by atoms with Gasteiger partial charge in [0, 0.05) is 25.2 Å². The van der Waals surface area contributed by atoms with Gasteiger partial charge in [-0.15, -0.1) is 0 Å². The zero-order chi connectivity index (χ0) is 12.1. The van der Waals surface area contributed by atoms with Crippen LogP contribution >= 0.6 is 0 Å². The fourth-order valence-corrected chi connectivity index (χ4v) is 3.52. The van der Waals surface area contributed by atoms with Crippen molar-refractivity contribution < 1.29 is 0 Å². The summed E-state index contributed by atoms with van der Waals surface area (Å²) in [6, 6.07) is 1.57. The molecule has 2 heterocycles. The van der Waals surface area contributed by atoms with Gasteiger partial charge in [0.2, 0.25) is 0 Å². The van der Waals surface area contributed by atoms with E-state index in [4.69, 9.17) is 5.73 Å². The highest BCUT2D eigenvalue weighted by molar-refractivity contribution is 4.87. The summed E-state index contributed by atoms with van der Waals surface area (Å²) >= 11 is 0. The number of rotatable bonds is 5. The van der Waals surface area contributed by atoms with Crippen LogP contribution in [0.4, 0.5) is 0 Å². The van der Waals surface area contributed by atoms with E-state index < -0.39 is 0 Å². The summed E-state index contributed by atoms with van der Waals surface area (Å²) in [5, 5.41) is 0. The topological polar surface area (TPSA) is 32.5 Å². The van der Waals surface area contributed by atoms with Crippen LogP contribution in [0.5, 0.6) is 0 Å². The fraction of sp³-hybridized carbons (Fsp3) is 1.00. The molecule has 2 N–H and O–H groups in total. The Kier molecular flexibility index (Phi) is 5.26. The second-order valence-corrected chi connectivity index (χ2v) is 5.67. The van der Waals surface area contributed by atoms with Gasteiger partial charge in [0.25, 0.3) is 0 Å². The zero-order valence-corrected chi connectivity index (χ0v) is 11.4. The molecule has 0 amide bonds. The van der Waals surface area contributed by atoms with Crippen molar-refractivity contribution in [2.45, 2.75) is 57.5 Å². The van der Waals surface area contributed by atoms with Crippen LogP contribution in [0.1, 0.15) is 45.4 Å². The maximum atomic E-state index is 5.71. The second kappa shape index (κ2) is 6.72. The Hall–Kier alpha value is -0.120. The molecule has 0 spiro atoms. The lowest BCUT2D eigenvalue weighted by atomic mass is 10.1. The standard InChI is InChI=1S/C14H29N3/c1-2-13(6-8-15)17-11-7-14(12-17)16-9-4-3-5-10-16/h13-14H,2-12,15H2,1H3. The third-order valence-corrected chi connectivity index (χ3v) is 4.59. The van der Waals surface area contributed by atoms with Crippen LogP contribution in [0.3, 0.4) is 0 Å². The van der Waals surface area contributed by atoms with E-state index in [1.165, 1.54) is 64.7 Å². The Balaban J connectivity index is 1.81. The monoisotopic (exact) mass is 239 g/mol. The number of nitrogens with zero attached hydrogens (tertiary/aromatic N) is 2. The molecular formula is C14H29N3. The van der Waals surface area contributed by atoms with Crippen molar-refractivity contribution in [3.05, 3.63) is 0 Å². The molecule has 0 aromatic rings. The molecular weight excluding hydrogens is 210 g/mol. The number of likely N-dealkylation sites (tertiary alicyclic amines) is 2. The average molecular weight is 239 g/mol. The Bertz CT molecular complexity index is 203. The minimum atomic E-state index is 0.731. The molecule has 0 saturated carbocycles. The van der Waals surface area contributed by atoms with Gasteiger partial charge in [-0.05, 0) is 51.7 Å². The van der Waals surface area contributed by atoms with E-state index in [1.807, 2.05) is 0 Å². The van der Waals surface area contributed by atoms with Gasteiger partial charge in [-0.3, -0.25) is 9.80 Å². The quantitative estimate of drug-likeness (QED) is 0.792. The summed E-state index contributed by atoms with van der Waals surface area (Å²) in [7, 11) is 0. The van der Waals surface area contributed by atoms with E-state index in [-0.39, 0.29) is 0 Å². The van der Waals surface area contributed by atoms with Crippen LogP contribution in [0.15, 0.2) is 0 Å². The van der Waals surface area contributed by atoms with E-state index in [1.54, 1.807) is 0 Å². The van der Waals surface area contributed by atoms with Gasteiger partial charge in [0.05, 0.1) is 0 Å². The summed E-state index contributed by atoms with van der Waals surface area (Å²) in [6.07, 6.45) is 8.07. The van der Waals surface area contributed by atoms with Crippen LogP contribution < -0.4 is 5.73 Å². The Labute approximate surface area is 106 Å². The predicted molar refractivity (Wildman–Crippen MR) is 73.2 cm³/mol. The molecule has 3 heteroatoms. The predicted octanol–water partition coefficient (Wildman–Crippen LogP) is 1.67. The maximum Gasteiger partial charge on any atom is 0.0235 e. The molecule has 2 fully saturated rings. The zero-order valence-electron chi connectivity index (χ0n) is 11.4. The molecule has 2 aliphatic rings. The Morgan fingerprint density at radius 2 is 1.94 bits per heavy atom. The molecule has 0 aliphatic carbocycles. The van der Waals surface area contributed by atoms with E-state index in [9.17, 15) is 0 Å². The van der Waals surface area contributed by atoms with Crippen LogP contribution in [0.2, 0.25) is 0 Å². The largest absolute Gasteiger partial charge is 0.330 e. The number of hydrogen-bond acceptors (Lipinski definition) is 3. The van der Waals surface area contributed by atoms with Crippen molar-refractivity contribution in [3.8, 4) is 0 Å². The van der Waals surface area contributed by atoms with Crippen molar-refractivity contribution >= 4 is 0 Å². The first-order valence-corrected chi connectivity index (χ1v) is 7.53. The molecule has 0 bridgehead atoms.